The first-order chi connectivity index (χ1) is 6.72. The first-order valence-electron chi connectivity index (χ1n) is 4.40. The molecule has 1 atom stereocenters. The van der Waals surface area contributed by atoms with Crippen LogP contribution >= 0.6 is 0 Å². The molecule has 2 amide bonds. The molecule has 0 saturated heterocycles. The Labute approximate surface area is 82.7 Å². The van der Waals surface area contributed by atoms with Crippen LogP contribution in [0.3, 0.4) is 0 Å². The number of rotatable bonds is 3. The maximum absolute atomic E-state index is 11.3. The number of urea groups is 1. The van der Waals surface area contributed by atoms with Crippen LogP contribution in [-0.2, 0) is 0 Å². The lowest BCUT2D eigenvalue weighted by Gasteiger charge is -2.11. The van der Waals surface area contributed by atoms with Gasteiger partial charge < -0.3 is 16.4 Å². The molecule has 0 aromatic carbocycles. The molecule has 0 saturated carbocycles. The summed E-state index contributed by atoms with van der Waals surface area (Å²) in [4.78, 5) is 15.1. The third-order valence-electron chi connectivity index (χ3n) is 1.65. The molecular formula is C9H14N4O. The number of carbonyl (C=O) groups excluding carboxylic acids is 1. The molecule has 0 radical (unpaired) electrons. The van der Waals surface area contributed by atoms with E-state index in [1.165, 1.54) is 0 Å². The molecule has 0 bridgehead atoms. The van der Waals surface area contributed by atoms with Crippen molar-refractivity contribution in [2.45, 2.75) is 13.0 Å². The van der Waals surface area contributed by atoms with Gasteiger partial charge >= 0.3 is 6.03 Å². The average Bonchev–Trinajstić information content (AvgIpc) is 2.19. The van der Waals surface area contributed by atoms with E-state index in [0.717, 1.165) is 0 Å². The Morgan fingerprint density at radius 1 is 1.71 bits per heavy atom. The van der Waals surface area contributed by atoms with Crippen LogP contribution in [0.2, 0.25) is 0 Å². The van der Waals surface area contributed by atoms with Crippen molar-refractivity contribution in [3.8, 4) is 0 Å². The van der Waals surface area contributed by atoms with Crippen molar-refractivity contribution in [3.63, 3.8) is 0 Å². The summed E-state index contributed by atoms with van der Waals surface area (Å²) in [5.74, 6) is 0. The zero-order valence-corrected chi connectivity index (χ0v) is 8.03. The molecule has 5 nitrogen and oxygen atoms in total. The van der Waals surface area contributed by atoms with E-state index < -0.39 is 0 Å². The number of hydrogen-bond acceptors (Lipinski definition) is 3. The van der Waals surface area contributed by atoms with Gasteiger partial charge in [0.2, 0.25) is 0 Å². The van der Waals surface area contributed by atoms with Gasteiger partial charge in [-0.25, -0.2) is 4.79 Å². The fourth-order valence-electron chi connectivity index (χ4n) is 0.887. The number of nitrogens with two attached hydrogens (primary N) is 1. The minimum absolute atomic E-state index is 0.0355. The van der Waals surface area contributed by atoms with Crippen LogP contribution in [0.25, 0.3) is 0 Å². The Balaban J connectivity index is 2.42. The van der Waals surface area contributed by atoms with Crippen molar-refractivity contribution < 1.29 is 4.79 Å². The van der Waals surface area contributed by atoms with Crippen molar-refractivity contribution in [2.75, 3.05) is 11.9 Å². The van der Waals surface area contributed by atoms with E-state index >= 15 is 0 Å². The quantitative estimate of drug-likeness (QED) is 0.657. The normalized spacial score (nSPS) is 11.9. The van der Waals surface area contributed by atoms with Crippen LogP contribution in [-0.4, -0.2) is 23.6 Å². The van der Waals surface area contributed by atoms with Crippen molar-refractivity contribution >= 4 is 11.7 Å². The van der Waals surface area contributed by atoms with Crippen LogP contribution in [0.15, 0.2) is 24.5 Å². The number of nitrogens with zero attached hydrogens (tertiary/aromatic N) is 1. The second kappa shape index (κ2) is 5.18. The number of anilines is 1. The van der Waals surface area contributed by atoms with Gasteiger partial charge in [-0.3, -0.25) is 4.98 Å². The summed E-state index contributed by atoms with van der Waals surface area (Å²) in [5, 5.41) is 5.31. The molecule has 14 heavy (non-hydrogen) atoms. The maximum atomic E-state index is 11.3. The molecule has 0 fully saturated rings. The number of aromatic nitrogens is 1. The predicted octanol–water partition coefficient (Wildman–Crippen LogP) is 0.550. The highest BCUT2D eigenvalue weighted by molar-refractivity contribution is 5.89. The summed E-state index contributed by atoms with van der Waals surface area (Å²) in [6.45, 7) is 2.25. The first-order valence-corrected chi connectivity index (χ1v) is 4.40. The van der Waals surface area contributed by atoms with E-state index in [1.54, 1.807) is 24.5 Å². The summed E-state index contributed by atoms with van der Waals surface area (Å²) >= 11 is 0. The summed E-state index contributed by atoms with van der Waals surface area (Å²) in [6, 6.07) is 3.21. The summed E-state index contributed by atoms with van der Waals surface area (Å²) in [7, 11) is 0. The van der Waals surface area contributed by atoms with Gasteiger partial charge in [0, 0.05) is 18.8 Å². The monoisotopic (exact) mass is 194 g/mol. The van der Waals surface area contributed by atoms with Crippen molar-refractivity contribution in [2.24, 2.45) is 5.73 Å². The zero-order valence-electron chi connectivity index (χ0n) is 8.03. The molecule has 5 heteroatoms. The third kappa shape index (κ3) is 3.40. The molecule has 0 aliphatic carbocycles. The molecule has 4 N–H and O–H groups in total. The second-order valence-corrected chi connectivity index (χ2v) is 2.98. The van der Waals surface area contributed by atoms with E-state index in [-0.39, 0.29) is 12.1 Å². The smallest absolute Gasteiger partial charge is 0.319 e. The average molecular weight is 194 g/mol. The van der Waals surface area contributed by atoms with Crippen LogP contribution in [0, 0.1) is 0 Å². The Kier molecular flexibility index (Phi) is 3.87. The molecule has 1 aromatic rings. The lowest BCUT2D eigenvalue weighted by atomic mass is 10.3. The summed E-state index contributed by atoms with van der Waals surface area (Å²) in [5.41, 5.74) is 6.02. The molecule has 1 heterocycles. The SMILES string of the molecule is CC(CN)NC(=O)Nc1cccnc1. The van der Waals surface area contributed by atoms with Crippen molar-refractivity contribution in [1.29, 1.82) is 0 Å². The zero-order chi connectivity index (χ0) is 10.4. The lowest BCUT2D eigenvalue weighted by molar-refractivity contribution is 0.249. The number of nitrogens with one attached hydrogen (secondary N) is 2. The number of hydrogen-bond donors (Lipinski definition) is 3. The van der Waals surface area contributed by atoms with Gasteiger partial charge in [0.1, 0.15) is 0 Å². The minimum atomic E-state index is -0.268. The largest absolute Gasteiger partial charge is 0.334 e. The van der Waals surface area contributed by atoms with E-state index in [9.17, 15) is 4.79 Å². The van der Waals surface area contributed by atoms with Crippen LogP contribution in [0.5, 0.6) is 0 Å². The second-order valence-electron chi connectivity index (χ2n) is 2.98. The first kappa shape index (κ1) is 10.5. The van der Waals surface area contributed by atoms with Crippen LogP contribution < -0.4 is 16.4 Å². The number of pyridine rings is 1. The minimum Gasteiger partial charge on any atom is -0.334 e. The van der Waals surface area contributed by atoms with Crippen LogP contribution in [0.4, 0.5) is 10.5 Å². The van der Waals surface area contributed by atoms with E-state index in [0.29, 0.717) is 12.2 Å². The molecule has 1 unspecified atom stereocenters. The van der Waals surface area contributed by atoms with E-state index in [1.807, 2.05) is 6.92 Å². The van der Waals surface area contributed by atoms with Gasteiger partial charge in [-0.2, -0.15) is 0 Å². The Hall–Kier alpha value is -1.62. The summed E-state index contributed by atoms with van der Waals surface area (Å²) < 4.78 is 0. The predicted molar refractivity (Wildman–Crippen MR) is 54.9 cm³/mol. The van der Waals surface area contributed by atoms with Gasteiger partial charge in [0.05, 0.1) is 11.9 Å². The van der Waals surface area contributed by atoms with Gasteiger partial charge in [-0.1, -0.05) is 0 Å². The Morgan fingerprint density at radius 2 is 2.50 bits per heavy atom. The fourth-order valence-corrected chi connectivity index (χ4v) is 0.887. The highest BCUT2D eigenvalue weighted by Crippen LogP contribution is 2.01. The van der Waals surface area contributed by atoms with Gasteiger partial charge in [-0.05, 0) is 19.1 Å². The summed E-state index contributed by atoms with van der Waals surface area (Å²) in [6.07, 6.45) is 3.22. The Bertz CT molecular complexity index is 288. The van der Waals surface area contributed by atoms with Crippen LogP contribution in [0.1, 0.15) is 6.92 Å². The van der Waals surface area contributed by atoms with Gasteiger partial charge in [-0.15, -0.1) is 0 Å². The fraction of sp³-hybridized carbons (Fsp3) is 0.333. The molecular weight excluding hydrogens is 180 g/mol. The molecule has 0 aliphatic rings. The van der Waals surface area contributed by atoms with Gasteiger partial charge in [0.25, 0.3) is 0 Å². The molecule has 1 aromatic heterocycles. The van der Waals surface area contributed by atoms with Crippen molar-refractivity contribution in [3.05, 3.63) is 24.5 Å². The molecule has 1 rings (SSSR count). The maximum Gasteiger partial charge on any atom is 0.319 e. The molecule has 0 aliphatic heterocycles. The van der Waals surface area contributed by atoms with Gasteiger partial charge in [0.15, 0.2) is 0 Å². The molecule has 0 spiro atoms. The topological polar surface area (TPSA) is 80.0 Å². The highest BCUT2D eigenvalue weighted by atomic mass is 16.2. The Morgan fingerprint density at radius 3 is 3.07 bits per heavy atom. The van der Waals surface area contributed by atoms with E-state index in [2.05, 4.69) is 15.6 Å². The van der Waals surface area contributed by atoms with E-state index in [4.69, 9.17) is 5.73 Å². The highest BCUT2D eigenvalue weighted by Gasteiger charge is 2.04. The molecule has 76 valence electrons. The number of carbonyl (C=O) groups is 1. The van der Waals surface area contributed by atoms with Crippen molar-refractivity contribution in [1.82, 2.24) is 10.3 Å². The lowest BCUT2D eigenvalue weighted by Crippen LogP contribution is -2.40. The third-order valence-corrected chi connectivity index (χ3v) is 1.65. The standard InChI is InChI=1S/C9H14N4O/c1-7(5-10)12-9(14)13-8-3-2-4-11-6-8/h2-4,6-7H,5,10H2,1H3,(H2,12,13,14). The number of amides is 2.